The highest BCUT2D eigenvalue weighted by Gasteiger charge is 2.29. The molecule has 1 unspecified atom stereocenters. The van der Waals surface area contributed by atoms with Crippen molar-refractivity contribution < 1.29 is 4.74 Å². The van der Waals surface area contributed by atoms with E-state index in [-0.39, 0.29) is 5.60 Å². The van der Waals surface area contributed by atoms with Gasteiger partial charge in [0.15, 0.2) is 0 Å². The van der Waals surface area contributed by atoms with Crippen LogP contribution in [0.25, 0.3) is 10.9 Å². The molecule has 1 saturated heterocycles. The lowest BCUT2D eigenvalue weighted by Gasteiger charge is -2.36. The van der Waals surface area contributed by atoms with Crippen LogP contribution in [-0.2, 0) is 4.74 Å². The molecule has 20 heavy (non-hydrogen) atoms. The molecule has 2 heterocycles. The second-order valence-corrected chi connectivity index (χ2v) is 6.29. The SMILES string of the molecule is Cc1cc2ccccc2nc1NC1CCOC(C)(C)C1. The number of para-hydroxylation sites is 1. The first-order valence-corrected chi connectivity index (χ1v) is 7.30. The van der Waals surface area contributed by atoms with E-state index in [9.17, 15) is 0 Å². The predicted molar refractivity (Wildman–Crippen MR) is 83.2 cm³/mol. The van der Waals surface area contributed by atoms with Gasteiger partial charge in [0.1, 0.15) is 5.82 Å². The van der Waals surface area contributed by atoms with Crippen LogP contribution < -0.4 is 5.32 Å². The van der Waals surface area contributed by atoms with Crippen molar-refractivity contribution in [3.05, 3.63) is 35.9 Å². The summed E-state index contributed by atoms with van der Waals surface area (Å²) in [4.78, 5) is 4.76. The smallest absolute Gasteiger partial charge is 0.129 e. The molecule has 1 fully saturated rings. The van der Waals surface area contributed by atoms with E-state index >= 15 is 0 Å². The number of pyridine rings is 1. The quantitative estimate of drug-likeness (QED) is 0.898. The number of hydrogen-bond acceptors (Lipinski definition) is 3. The lowest BCUT2D eigenvalue weighted by atomic mass is 9.94. The summed E-state index contributed by atoms with van der Waals surface area (Å²) in [7, 11) is 0. The van der Waals surface area contributed by atoms with Gasteiger partial charge in [0.05, 0.1) is 11.1 Å². The van der Waals surface area contributed by atoms with Crippen molar-refractivity contribution in [2.75, 3.05) is 11.9 Å². The predicted octanol–water partition coefficient (Wildman–Crippen LogP) is 3.91. The molecule has 1 aromatic carbocycles. The fourth-order valence-corrected chi connectivity index (χ4v) is 2.92. The van der Waals surface area contributed by atoms with Crippen LogP contribution in [0.4, 0.5) is 5.82 Å². The normalized spacial score (nSPS) is 21.9. The van der Waals surface area contributed by atoms with Crippen LogP contribution in [0.3, 0.4) is 0 Å². The molecular weight excluding hydrogens is 248 g/mol. The number of aromatic nitrogens is 1. The molecule has 1 aromatic heterocycles. The number of rotatable bonds is 2. The van der Waals surface area contributed by atoms with Crippen LogP contribution in [0.1, 0.15) is 32.3 Å². The Kier molecular flexibility index (Phi) is 3.38. The summed E-state index contributed by atoms with van der Waals surface area (Å²) in [5, 5.41) is 4.80. The van der Waals surface area contributed by atoms with E-state index in [2.05, 4.69) is 50.4 Å². The lowest BCUT2D eigenvalue weighted by Crippen LogP contribution is -2.40. The van der Waals surface area contributed by atoms with E-state index in [1.54, 1.807) is 0 Å². The summed E-state index contributed by atoms with van der Waals surface area (Å²) in [6.07, 6.45) is 2.05. The Hall–Kier alpha value is -1.61. The minimum absolute atomic E-state index is 0.0410. The number of nitrogens with zero attached hydrogens (tertiary/aromatic N) is 1. The van der Waals surface area contributed by atoms with Crippen LogP contribution in [0.2, 0.25) is 0 Å². The summed E-state index contributed by atoms with van der Waals surface area (Å²) in [5.74, 6) is 1.01. The Morgan fingerprint density at radius 3 is 2.90 bits per heavy atom. The molecule has 0 aliphatic carbocycles. The van der Waals surface area contributed by atoms with E-state index < -0.39 is 0 Å². The molecule has 0 bridgehead atoms. The summed E-state index contributed by atoms with van der Waals surface area (Å²) >= 11 is 0. The summed E-state index contributed by atoms with van der Waals surface area (Å²) in [6.45, 7) is 7.24. The molecule has 2 aromatic rings. The van der Waals surface area contributed by atoms with Crippen molar-refractivity contribution in [3.63, 3.8) is 0 Å². The third-order valence-corrected chi connectivity index (χ3v) is 3.95. The van der Waals surface area contributed by atoms with E-state index in [0.717, 1.165) is 30.8 Å². The van der Waals surface area contributed by atoms with Crippen molar-refractivity contribution in [2.24, 2.45) is 0 Å². The lowest BCUT2D eigenvalue weighted by molar-refractivity contribution is -0.0553. The third kappa shape index (κ3) is 2.78. The van der Waals surface area contributed by atoms with Gasteiger partial charge in [-0.1, -0.05) is 18.2 Å². The summed E-state index contributed by atoms with van der Waals surface area (Å²) in [6, 6.07) is 10.9. The van der Waals surface area contributed by atoms with Gasteiger partial charge in [0.25, 0.3) is 0 Å². The van der Waals surface area contributed by atoms with Crippen LogP contribution >= 0.6 is 0 Å². The van der Waals surface area contributed by atoms with Gasteiger partial charge in [0.2, 0.25) is 0 Å². The van der Waals surface area contributed by atoms with Crippen molar-refractivity contribution in [1.29, 1.82) is 0 Å². The number of aryl methyl sites for hydroxylation is 1. The van der Waals surface area contributed by atoms with Crippen molar-refractivity contribution >= 4 is 16.7 Å². The fourth-order valence-electron chi connectivity index (χ4n) is 2.92. The number of fused-ring (bicyclic) bond motifs is 1. The summed E-state index contributed by atoms with van der Waals surface area (Å²) < 4.78 is 5.77. The van der Waals surface area contributed by atoms with E-state index in [4.69, 9.17) is 9.72 Å². The highest BCUT2D eigenvalue weighted by molar-refractivity contribution is 5.81. The van der Waals surface area contributed by atoms with E-state index in [0.29, 0.717) is 6.04 Å². The van der Waals surface area contributed by atoms with Crippen molar-refractivity contribution in [3.8, 4) is 0 Å². The largest absolute Gasteiger partial charge is 0.375 e. The number of benzene rings is 1. The Balaban J connectivity index is 1.85. The Labute approximate surface area is 120 Å². The first kappa shape index (κ1) is 13.4. The monoisotopic (exact) mass is 270 g/mol. The zero-order valence-electron chi connectivity index (χ0n) is 12.4. The van der Waals surface area contributed by atoms with Gasteiger partial charge in [-0.25, -0.2) is 4.98 Å². The average Bonchev–Trinajstić information content (AvgIpc) is 2.38. The molecule has 0 radical (unpaired) electrons. The van der Waals surface area contributed by atoms with Crippen LogP contribution in [0, 0.1) is 6.92 Å². The Morgan fingerprint density at radius 1 is 1.30 bits per heavy atom. The number of anilines is 1. The molecule has 3 rings (SSSR count). The minimum Gasteiger partial charge on any atom is -0.375 e. The van der Waals surface area contributed by atoms with E-state index in [1.807, 2.05) is 6.07 Å². The molecule has 0 saturated carbocycles. The second kappa shape index (κ2) is 5.06. The Bertz CT molecular complexity index is 621. The molecular formula is C17H22N2O. The topological polar surface area (TPSA) is 34.2 Å². The van der Waals surface area contributed by atoms with Gasteiger partial charge in [-0.3, -0.25) is 0 Å². The van der Waals surface area contributed by atoms with Gasteiger partial charge < -0.3 is 10.1 Å². The van der Waals surface area contributed by atoms with Gasteiger partial charge in [-0.15, -0.1) is 0 Å². The molecule has 1 atom stereocenters. The number of nitrogens with one attached hydrogen (secondary N) is 1. The molecule has 106 valence electrons. The van der Waals surface area contributed by atoms with E-state index in [1.165, 1.54) is 10.9 Å². The first-order chi connectivity index (χ1) is 9.53. The van der Waals surface area contributed by atoms with Crippen molar-refractivity contribution in [1.82, 2.24) is 4.98 Å². The second-order valence-electron chi connectivity index (χ2n) is 6.29. The molecule has 3 heteroatoms. The van der Waals surface area contributed by atoms with Gasteiger partial charge in [0, 0.05) is 18.0 Å². The molecule has 1 N–H and O–H groups in total. The van der Waals surface area contributed by atoms with Crippen LogP contribution in [-0.4, -0.2) is 23.2 Å². The summed E-state index contributed by atoms with van der Waals surface area (Å²) in [5.41, 5.74) is 2.21. The standard InChI is InChI=1S/C17H22N2O/c1-12-10-13-6-4-5-7-15(13)19-16(12)18-14-8-9-20-17(2,3)11-14/h4-7,10,14H,8-9,11H2,1-3H3,(H,18,19). The van der Waals surface area contributed by atoms with Crippen LogP contribution in [0.15, 0.2) is 30.3 Å². The third-order valence-electron chi connectivity index (χ3n) is 3.95. The number of ether oxygens (including phenoxy) is 1. The average molecular weight is 270 g/mol. The minimum atomic E-state index is -0.0410. The maximum absolute atomic E-state index is 5.77. The fraction of sp³-hybridized carbons (Fsp3) is 0.471. The first-order valence-electron chi connectivity index (χ1n) is 7.30. The number of hydrogen-bond donors (Lipinski definition) is 1. The van der Waals surface area contributed by atoms with Crippen LogP contribution in [0.5, 0.6) is 0 Å². The van der Waals surface area contributed by atoms with Gasteiger partial charge >= 0.3 is 0 Å². The zero-order valence-corrected chi connectivity index (χ0v) is 12.4. The highest BCUT2D eigenvalue weighted by atomic mass is 16.5. The highest BCUT2D eigenvalue weighted by Crippen LogP contribution is 2.27. The molecule has 3 nitrogen and oxygen atoms in total. The van der Waals surface area contributed by atoms with Crippen molar-refractivity contribution in [2.45, 2.75) is 45.3 Å². The van der Waals surface area contributed by atoms with Gasteiger partial charge in [-0.2, -0.15) is 0 Å². The maximum Gasteiger partial charge on any atom is 0.129 e. The Morgan fingerprint density at radius 2 is 2.10 bits per heavy atom. The molecule has 0 spiro atoms. The van der Waals surface area contributed by atoms with Gasteiger partial charge in [-0.05, 0) is 51.3 Å². The zero-order chi connectivity index (χ0) is 14.2. The molecule has 0 amide bonds. The molecule has 1 aliphatic rings. The maximum atomic E-state index is 5.77. The molecule has 1 aliphatic heterocycles.